The summed E-state index contributed by atoms with van der Waals surface area (Å²) in [7, 11) is -2.07. The van der Waals surface area contributed by atoms with Gasteiger partial charge in [-0.25, -0.2) is 17.5 Å². The molecule has 7 heteroatoms. The first kappa shape index (κ1) is 16.0. The number of hydrogen-bond acceptors (Lipinski definition) is 3. The minimum Gasteiger partial charge on any atom is -0.477 e. The molecule has 21 heavy (non-hydrogen) atoms. The van der Waals surface area contributed by atoms with E-state index in [4.69, 9.17) is 0 Å². The van der Waals surface area contributed by atoms with E-state index in [9.17, 15) is 18.3 Å². The third kappa shape index (κ3) is 3.13. The summed E-state index contributed by atoms with van der Waals surface area (Å²) in [4.78, 5) is 11.3. The molecule has 0 spiro atoms. The van der Waals surface area contributed by atoms with E-state index in [0.717, 1.165) is 19.3 Å². The maximum Gasteiger partial charge on any atom is 0.352 e. The molecule has 0 aromatic carbocycles. The topological polar surface area (TPSA) is 79.6 Å². The molecule has 0 radical (unpaired) electrons. The van der Waals surface area contributed by atoms with Crippen molar-refractivity contribution in [3.05, 3.63) is 18.0 Å². The van der Waals surface area contributed by atoms with Gasteiger partial charge in [-0.3, -0.25) is 0 Å². The Morgan fingerprint density at radius 3 is 2.48 bits per heavy atom. The highest BCUT2D eigenvalue weighted by atomic mass is 32.2. The van der Waals surface area contributed by atoms with Crippen LogP contribution in [0.2, 0.25) is 0 Å². The number of sulfonamides is 1. The number of rotatable bonds is 6. The Bertz CT molecular complexity index is 629. The Balaban J connectivity index is 2.30. The van der Waals surface area contributed by atoms with E-state index < -0.39 is 16.0 Å². The molecule has 0 atom stereocenters. The average Bonchev–Trinajstić information content (AvgIpc) is 2.79. The van der Waals surface area contributed by atoms with Crippen molar-refractivity contribution in [3.63, 3.8) is 0 Å². The summed E-state index contributed by atoms with van der Waals surface area (Å²) in [6.07, 6.45) is 4.70. The van der Waals surface area contributed by atoms with E-state index in [1.54, 1.807) is 7.05 Å². The minimum absolute atomic E-state index is 0.000573. The van der Waals surface area contributed by atoms with Gasteiger partial charge in [-0.05, 0) is 38.7 Å². The van der Waals surface area contributed by atoms with Crippen molar-refractivity contribution < 1.29 is 18.3 Å². The van der Waals surface area contributed by atoms with Crippen molar-refractivity contribution in [3.8, 4) is 0 Å². The molecule has 1 aliphatic carbocycles. The Morgan fingerprint density at radius 1 is 1.48 bits per heavy atom. The lowest BCUT2D eigenvalue weighted by Crippen LogP contribution is -2.34. The minimum atomic E-state index is -3.63. The molecule has 1 N–H and O–H groups in total. The van der Waals surface area contributed by atoms with Crippen LogP contribution in [0.4, 0.5) is 0 Å². The van der Waals surface area contributed by atoms with Crippen LogP contribution in [0.3, 0.4) is 0 Å². The summed E-state index contributed by atoms with van der Waals surface area (Å²) in [5.74, 6) is -0.692. The fraction of sp³-hybridized carbons (Fsp3) is 0.643. The van der Waals surface area contributed by atoms with Gasteiger partial charge in [-0.2, -0.15) is 0 Å². The first-order chi connectivity index (χ1) is 9.73. The molecule has 0 amide bonds. The molecule has 1 saturated carbocycles. The van der Waals surface area contributed by atoms with Crippen LogP contribution in [0.25, 0.3) is 0 Å². The van der Waals surface area contributed by atoms with Crippen molar-refractivity contribution in [2.45, 2.75) is 44.0 Å². The number of aromatic nitrogens is 1. The maximum absolute atomic E-state index is 12.5. The van der Waals surface area contributed by atoms with Crippen LogP contribution >= 0.6 is 0 Å². The molecule has 6 nitrogen and oxygen atoms in total. The van der Waals surface area contributed by atoms with Gasteiger partial charge in [-0.15, -0.1) is 0 Å². The molecule has 1 aliphatic rings. The summed E-state index contributed by atoms with van der Waals surface area (Å²) >= 11 is 0. The van der Waals surface area contributed by atoms with Gasteiger partial charge in [0.1, 0.15) is 10.6 Å². The highest BCUT2D eigenvalue weighted by Gasteiger charge is 2.29. The van der Waals surface area contributed by atoms with Gasteiger partial charge in [0.2, 0.25) is 10.0 Å². The van der Waals surface area contributed by atoms with Crippen molar-refractivity contribution in [1.29, 1.82) is 0 Å². The molecule has 2 rings (SSSR count). The number of carboxylic acid groups (broad SMARTS) is 1. The van der Waals surface area contributed by atoms with Crippen LogP contribution in [-0.4, -0.2) is 42.0 Å². The summed E-state index contributed by atoms with van der Waals surface area (Å²) in [6.45, 7) is 4.14. The van der Waals surface area contributed by atoms with Crippen LogP contribution < -0.4 is 0 Å². The lowest BCUT2D eigenvalue weighted by Gasteiger charge is -2.29. The van der Waals surface area contributed by atoms with E-state index in [-0.39, 0.29) is 16.6 Å². The molecule has 0 aliphatic heterocycles. The van der Waals surface area contributed by atoms with Gasteiger partial charge < -0.3 is 9.67 Å². The Labute approximate surface area is 125 Å². The van der Waals surface area contributed by atoms with Gasteiger partial charge in [-0.1, -0.05) is 6.42 Å². The largest absolute Gasteiger partial charge is 0.477 e. The van der Waals surface area contributed by atoms with E-state index in [0.29, 0.717) is 12.5 Å². The SMILES string of the molecule is CC(C)n1cc(S(=O)(=O)N(C)CC2CCC2)cc1C(=O)O. The van der Waals surface area contributed by atoms with E-state index in [1.807, 2.05) is 13.8 Å². The Kier molecular flexibility index (Phi) is 4.43. The molecular formula is C14H22N2O4S. The zero-order valence-corrected chi connectivity index (χ0v) is 13.4. The smallest absolute Gasteiger partial charge is 0.352 e. The van der Waals surface area contributed by atoms with Crippen LogP contribution in [0, 0.1) is 5.92 Å². The van der Waals surface area contributed by atoms with Crippen LogP contribution in [0.1, 0.15) is 49.6 Å². The second kappa shape index (κ2) is 5.81. The molecule has 0 unspecified atom stereocenters. The van der Waals surface area contributed by atoms with Gasteiger partial charge in [0.15, 0.2) is 0 Å². The Morgan fingerprint density at radius 2 is 2.10 bits per heavy atom. The predicted molar refractivity (Wildman–Crippen MR) is 78.9 cm³/mol. The number of nitrogens with zero attached hydrogens (tertiary/aromatic N) is 2. The maximum atomic E-state index is 12.5. The van der Waals surface area contributed by atoms with Gasteiger partial charge >= 0.3 is 5.97 Å². The van der Waals surface area contributed by atoms with Crippen LogP contribution in [0.15, 0.2) is 17.2 Å². The fourth-order valence-corrected chi connectivity index (χ4v) is 3.79. The molecule has 118 valence electrons. The van der Waals surface area contributed by atoms with Crippen LogP contribution in [-0.2, 0) is 10.0 Å². The molecule has 1 aromatic rings. The first-order valence-corrected chi connectivity index (χ1v) is 8.59. The van der Waals surface area contributed by atoms with Crippen LogP contribution in [0.5, 0.6) is 0 Å². The van der Waals surface area contributed by atoms with Gasteiger partial charge in [0.25, 0.3) is 0 Å². The van der Waals surface area contributed by atoms with Gasteiger partial charge in [0.05, 0.1) is 0 Å². The molecular weight excluding hydrogens is 292 g/mol. The highest BCUT2D eigenvalue weighted by Crippen LogP contribution is 2.29. The lowest BCUT2D eigenvalue weighted by molar-refractivity contribution is 0.0683. The Hall–Kier alpha value is -1.34. The summed E-state index contributed by atoms with van der Waals surface area (Å²) in [5, 5.41) is 9.20. The molecule has 1 heterocycles. The third-order valence-corrected chi connectivity index (χ3v) is 5.84. The second-order valence-corrected chi connectivity index (χ2v) is 7.99. The summed E-state index contributed by atoms with van der Waals surface area (Å²) in [5.41, 5.74) is 0.000573. The summed E-state index contributed by atoms with van der Waals surface area (Å²) < 4.78 is 27.9. The number of aromatic carboxylic acids is 1. The van der Waals surface area contributed by atoms with Crippen molar-refractivity contribution in [2.75, 3.05) is 13.6 Å². The number of hydrogen-bond donors (Lipinski definition) is 1. The van der Waals surface area contributed by atoms with Crippen molar-refractivity contribution in [1.82, 2.24) is 8.87 Å². The highest BCUT2D eigenvalue weighted by molar-refractivity contribution is 7.89. The normalized spacial score (nSPS) is 16.4. The monoisotopic (exact) mass is 314 g/mol. The average molecular weight is 314 g/mol. The molecule has 0 saturated heterocycles. The zero-order chi connectivity index (χ0) is 15.8. The molecule has 1 fully saturated rings. The quantitative estimate of drug-likeness (QED) is 0.873. The summed E-state index contributed by atoms with van der Waals surface area (Å²) in [6, 6.07) is 1.13. The standard InChI is InChI=1S/C14H22N2O4S/c1-10(2)16-9-12(7-13(16)14(17)18)21(19,20)15(3)8-11-5-4-6-11/h7,9-11H,4-6,8H2,1-3H3,(H,17,18). The fourth-order valence-electron chi connectivity index (χ4n) is 2.51. The van der Waals surface area contributed by atoms with Crippen molar-refractivity contribution >= 4 is 16.0 Å². The van der Waals surface area contributed by atoms with Gasteiger partial charge in [0, 0.05) is 25.8 Å². The van der Waals surface area contributed by atoms with E-state index >= 15 is 0 Å². The zero-order valence-electron chi connectivity index (χ0n) is 12.6. The van der Waals surface area contributed by atoms with Crippen molar-refractivity contribution in [2.24, 2.45) is 5.92 Å². The number of carbonyl (C=O) groups is 1. The molecule has 1 aromatic heterocycles. The van der Waals surface area contributed by atoms with E-state index in [2.05, 4.69) is 0 Å². The second-order valence-electron chi connectivity index (χ2n) is 5.95. The number of carboxylic acids is 1. The molecule has 0 bridgehead atoms. The predicted octanol–water partition coefficient (Wildman–Crippen LogP) is 2.19. The lowest BCUT2D eigenvalue weighted by atomic mass is 9.86. The first-order valence-electron chi connectivity index (χ1n) is 7.15. The van der Waals surface area contributed by atoms with E-state index in [1.165, 1.54) is 21.1 Å². The third-order valence-electron chi connectivity index (χ3n) is 4.05.